The topological polar surface area (TPSA) is 62.7 Å². The van der Waals surface area contributed by atoms with E-state index in [1.807, 2.05) is 18.2 Å². The third-order valence-corrected chi connectivity index (χ3v) is 6.11. The van der Waals surface area contributed by atoms with Crippen molar-refractivity contribution < 1.29 is 18.7 Å². The number of hydrogen-bond acceptors (Lipinski definition) is 4. The van der Waals surface area contributed by atoms with Gasteiger partial charge in [-0.15, -0.1) is 0 Å². The van der Waals surface area contributed by atoms with E-state index < -0.39 is 11.8 Å². The van der Waals surface area contributed by atoms with E-state index in [2.05, 4.69) is 4.98 Å². The number of carbonyl (C=O) groups excluding carboxylic acids is 2. The third-order valence-electron chi connectivity index (χ3n) is 6.11. The lowest BCUT2D eigenvalue weighted by Crippen LogP contribution is -2.55. The first-order valence-corrected chi connectivity index (χ1v) is 9.78. The van der Waals surface area contributed by atoms with Crippen molar-refractivity contribution in [3.8, 4) is 0 Å². The summed E-state index contributed by atoms with van der Waals surface area (Å²) >= 11 is 0. The Morgan fingerprint density at radius 3 is 2.81 bits per heavy atom. The highest BCUT2D eigenvalue weighted by Crippen LogP contribution is 2.41. The number of pyridine rings is 1. The van der Waals surface area contributed by atoms with Gasteiger partial charge in [0.15, 0.2) is 5.67 Å². The lowest BCUT2D eigenvalue weighted by Gasteiger charge is -2.41. The lowest BCUT2D eigenvalue weighted by molar-refractivity contribution is -0.160. The molecule has 3 heterocycles. The Bertz CT molecular complexity index is 710. The fourth-order valence-corrected chi connectivity index (χ4v) is 4.38. The zero-order valence-electron chi connectivity index (χ0n) is 15.6. The normalized spacial score (nSPS) is 29.0. The Balaban J connectivity index is 1.35. The van der Waals surface area contributed by atoms with Crippen LogP contribution in [0.3, 0.4) is 0 Å². The lowest BCUT2D eigenvalue weighted by atomic mass is 9.80. The van der Waals surface area contributed by atoms with Crippen LogP contribution in [0.25, 0.3) is 0 Å². The highest BCUT2D eigenvalue weighted by molar-refractivity contribution is 5.87. The molecule has 27 heavy (non-hydrogen) atoms. The van der Waals surface area contributed by atoms with E-state index >= 15 is 0 Å². The van der Waals surface area contributed by atoms with Gasteiger partial charge in [-0.1, -0.05) is 6.07 Å². The Labute approximate surface area is 158 Å². The second-order valence-corrected chi connectivity index (χ2v) is 7.93. The molecule has 0 bridgehead atoms. The zero-order valence-corrected chi connectivity index (χ0v) is 15.6. The van der Waals surface area contributed by atoms with Crippen LogP contribution in [0.2, 0.25) is 0 Å². The average molecular weight is 375 g/mol. The fraction of sp³-hybridized carbons (Fsp3) is 0.650. The van der Waals surface area contributed by atoms with Crippen molar-refractivity contribution in [3.05, 3.63) is 30.1 Å². The summed E-state index contributed by atoms with van der Waals surface area (Å²) < 4.78 is 20.6. The van der Waals surface area contributed by atoms with Gasteiger partial charge in [-0.05, 0) is 50.7 Å². The number of likely N-dealkylation sites (N-methyl/N-ethyl adjacent to an activating group) is 1. The maximum absolute atomic E-state index is 14.5. The third kappa shape index (κ3) is 3.45. The van der Waals surface area contributed by atoms with E-state index in [1.165, 1.54) is 0 Å². The number of rotatable bonds is 4. The number of ether oxygens (including phenoxy) is 1. The summed E-state index contributed by atoms with van der Waals surface area (Å²) in [5.74, 6) is -0.438. The van der Waals surface area contributed by atoms with Crippen molar-refractivity contribution in [2.75, 3.05) is 13.6 Å². The first-order valence-electron chi connectivity index (χ1n) is 9.78. The van der Waals surface area contributed by atoms with Crippen LogP contribution in [0.1, 0.15) is 44.2 Å². The number of aromatic nitrogens is 1. The summed E-state index contributed by atoms with van der Waals surface area (Å²) in [6.07, 6.45) is 4.37. The number of nitrogens with zero attached hydrogens (tertiary/aromatic N) is 3. The molecule has 2 amide bonds. The van der Waals surface area contributed by atoms with Crippen LogP contribution in [0.15, 0.2) is 24.4 Å². The van der Waals surface area contributed by atoms with Gasteiger partial charge in [-0.3, -0.25) is 14.6 Å². The molecule has 4 rings (SSSR count). The van der Waals surface area contributed by atoms with E-state index in [0.29, 0.717) is 45.2 Å². The van der Waals surface area contributed by atoms with Crippen molar-refractivity contribution in [2.45, 2.75) is 69.0 Å². The number of hydrogen-bond donors (Lipinski definition) is 0. The zero-order chi connectivity index (χ0) is 19.0. The van der Waals surface area contributed by atoms with Crippen molar-refractivity contribution in [1.29, 1.82) is 0 Å². The minimum Gasteiger partial charge on any atom is -0.363 e. The van der Waals surface area contributed by atoms with E-state index in [1.54, 1.807) is 23.0 Å². The first-order chi connectivity index (χ1) is 13.0. The summed E-state index contributed by atoms with van der Waals surface area (Å²) in [6.45, 7) is 0.952. The number of alkyl halides is 1. The predicted molar refractivity (Wildman–Crippen MR) is 96.4 cm³/mol. The minimum absolute atomic E-state index is 0.0650. The molecule has 1 aliphatic carbocycles. The van der Waals surface area contributed by atoms with Crippen LogP contribution >= 0.6 is 0 Å². The van der Waals surface area contributed by atoms with Gasteiger partial charge < -0.3 is 14.5 Å². The van der Waals surface area contributed by atoms with E-state index in [-0.39, 0.29) is 24.0 Å². The molecule has 0 spiro atoms. The Morgan fingerprint density at radius 2 is 2.15 bits per heavy atom. The number of fused-ring (bicyclic) bond motifs is 1. The molecule has 0 aromatic carbocycles. The molecule has 3 atom stereocenters. The first kappa shape index (κ1) is 18.3. The number of amides is 2. The molecule has 3 aliphatic rings. The second kappa shape index (κ2) is 7.19. The molecule has 6 nitrogen and oxygen atoms in total. The molecular weight excluding hydrogens is 349 g/mol. The highest BCUT2D eigenvalue weighted by atomic mass is 19.1. The summed E-state index contributed by atoms with van der Waals surface area (Å²) in [7, 11) is 1.75. The molecule has 146 valence electrons. The molecule has 2 saturated heterocycles. The fourth-order valence-electron chi connectivity index (χ4n) is 4.38. The van der Waals surface area contributed by atoms with Crippen LogP contribution in [0.4, 0.5) is 4.39 Å². The van der Waals surface area contributed by atoms with Crippen LogP contribution in [-0.2, 0) is 20.9 Å². The van der Waals surface area contributed by atoms with Gasteiger partial charge in [0.05, 0.1) is 24.4 Å². The number of halogens is 1. The van der Waals surface area contributed by atoms with Gasteiger partial charge in [0.1, 0.15) is 6.10 Å². The summed E-state index contributed by atoms with van der Waals surface area (Å²) in [5.41, 5.74) is -0.835. The van der Waals surface area contributed by atoms with E-state index in [4.69, 9.17) is 4.74 Å². The second-order valence-electron chi connectivity index (χ2n) is 7.93. The monoisotopic (exact) mass is 375 g/mol. The largest absolute Gasteiger partial charge is 0.363 e. The smallest absolute Gasteiger partial charge is 0.260 e. The van der Waals surface area contributed by atoms with Crippen molar-refractivity contribution in [2.24, 2.45) is 0 Å². The van der Waals surface area contributed by atoms with Crippen molar-refractivity contribution in [3.63, 3.8) is 0 Å². The maximum atomic E-state index is 14.5. The van der Waals surface area contributed by atoms with E-state index in [0.717, 1.165) is 12.1 Å². The Hall–Kier alpha value is -2.02. The average Bonchev–Trinajstić information content (AvgIpc) is 3.08. The molecule has 1 aromatic rings. The van der Waals surface area contributed by atoms with Crippen LogP contribution in [-0.4, -0.2) is 64.1 Å². The summed E-state index contributed by atoms with van der Waals surface area (Å²) in [5, 5.41) is 0. The molecule has 0 radical (unpaired) electrons. The van der Waals surface area contributed by atoms with Gasteiger partial charge >= 0.3 is 0 Å². The molecule has 3 fully saturated rings. The van der Waals surface area contributed by atoms with Gasteiger partial charge in [0, 0.05) is 19.8 Å². The number of carbonyl (C=O) groups is 2. The molecular formula is C20H26FN3O3. The minimum atomic E-state index is -1.66. The van der Waals surface area contributed by atoms with Crippen molar-refractivity contribution in [1.82, 2.24) is 14.8 Å². The molecule has 2 aliphatic heterocycles. The molecule has 1 saturated carbocycles. The van der Waals surface area contributed by atoms with Crippen LogP contribution < -0.4 is 0 Å². The maximum Gasteiger partial charge on any atom is 0.260 e. The molecule has 1 aromatic heterocycles. The standard InChI is InChI=1S/C20H26FN3O3/c1-23(13-14-5-2-3-11-22-14)18(25)17-7-6-15-16(27-17)8-12-24(15)19(26)20(21)9-4-10-20/h2-3,5,11,15-17H,4,6-10,12-13H2,1H3/t15-,16-,17+/m1/s1. The van der Waals surface area contributed by atoms with Crippen LogP contribution in [0.5, 0.6) is 0 Å². The highest BCUT2D eigenvalue weighted by Gasteiger charge is 2.52. The van der Waals surface area contributed by atoms with Gasteiger partial charge in [0.25, 0.3) is 11.8 Å². The van der Waals surface area contributed by atoms with E-state index in [9.17, 15) is 14.0 Å². The van der Waals surface area contributed by atoms with Crippen LogP contribution in [0, 0.1) is 0 Å². The summed E-state index contributed by atoms with van der Waals surface area (Å²) in [4.78, 5) is 32.9. The SMILES string of the molecule is CN(Cc1ccccn1)C(=O)[C@@H]1CC[C@@H]2[C@@H](CCN2C(=O)C2(F)CCC2)O1. The predicted octanol–water partition coefficient (Wildman–Crippen LogP) is 2.08. The molecule has 0 unspecified atom stereocenters. The molecule has 0 N–H and O–H groups in total. The summed E-state index contributed by atoms with van der Waals surface area (Å²) in [6, 6.07) is 5.52. The number of likely N-dealkylation sites (tertiary alicyclic amines) is 1. The van der Waals surface area contributed by atoms with Gasteiger partial charge in [0.2, 0.25) is 0 Å². The quantitative estimate of drug-likeness (QED) is 0.808. The Kier molecular flexibility index (Phi) is 4.88. The molecule has 7 heteroatoms. The van der Waals surface area contributed by atoms with Gasteiger partial charge in [-0.25, -0.2) is 4.39 Å². The Morgan fingerprint density at radius 1 is 1.33 bits per heavy atom. The van der Waals surface area contributed by atoms with Gasteiger partial charge in [-0.2, -0.15) is 0 Å². The van der Waals surface area contributed by atoms with Crippen molar-refractivity contribution >= 4 is 11.8 Å².